The van der Waals surface area contributed by atoms with E-state index in [0.717, 1.165) is 0 Å². The van der Waals surface area contributed by atoms with Crippen molar-refractivity contribution in [1.82, 2.24) is 10.3 Å². The molecule has 7 heteroatoms. The fourth-order valence-corrected chi connectivity index (χ4v) is 1.29. The number of carbonyl (C=O) groups excluding carboxylic acids is 1. The Morgan fingerprint density at radius 2 is 2.06 bits per heavy atom. The Balaban J connectivity index is 3.11. The first-order valence-electron chi connectivity index (χ1n) is 4.75. The molecule has 1 aromatic heterocycles. The van der Waals surface area contributed by atoms with Crippen molar-refractivity contribution < 1.29 is 18.0 Å². The van der Waals surface area contributed by atoms with Gasteiger partial charge >= 0.3 is 6.18 Å². The number of halogens is 4. The van der Waals surface area contributed by atoms with Crippen LogP contribution in [0, 0.1) is 0 Å². The van der Waals surface area contributed by atoms with E-state index in [2.05, 4.69) is 10.3 Å². The molecule has 0 saturated carbocycles. The van der Waals surface area contributed by atoms with Gasteiger partial charge < -0.3 is 5.32 Å². The van der Waals surface area contributed by atoms with Crippen LogP contribution in [0.25, 0.3) is 0 Å². The maximum atomic E-state index is 12.4. The summed E-state index contributed by atoms with van der Waals surface area (Å²) in [5.41, 5.74) is -1.29. The number of rotatable bonds is 2. The first kappa shape index (κ1) is 13.8. The van der Waals surface area contributed by atoms with Crippen LogP contribution >= 0.6 is 11.6 Å². The smallest absolute Gasteiger partial charge is 0.350 e. The van der Waals surface area contributed by atoms with Crippen molar-refractivity contribution in [2.75, 3.05) is 0 Å². The Morgan fingerprint density at radius 3 is 2.53 bits per heavy atom. The second-order valence-corrected chi connectivity index (χ2v) is 4.05. The van der Waals surface area contributed by atoms with E-state index in [9.17, 15) is 18.0 Å². The highest BCUT2D eigenvalue weighted by atomic mass is 35.5. The molecule has 0 saturated heterocycles. The number of nitrogens with one attached hydrogen (secondary N) is 1. The summed E-state index contributed by atoms with van der Waals surface area (Å²) in [6.45, 7) is 3.37. The Hall–Kier alpha value is -1.30. The lowest BCUT2D eigenvalue weighted by Gasteiger charge is -2.11. The van der Waals surface area contributed by atoms with Crippen molar-refractivity contribution in [3.05, 3.63) is 28.5 Å². The lowest BCUT2D eigenvalue weighted by Crippen LogP contribution is -2.30. The van der Waals surface area contributed by atoms with Crippen molar-refractivity contribution >= 4 is 17.5 Å². The molecular formula is C10H10ClF3N2O. The molecule has 94 valence electrons. The maximum absolute atomic E-state index is 12.4. The van der Waals surface area contributed by atoms with Gasteiger partial charge in [0.05, 0.1) is 11.1 Å². The van der Waals surface area contributed by atoms with Gasteiger partial charge in [0.25, 0.3) is 5.91 Å². The first-order chi connectivity index (χ1) is 7.71. The van der Waals surface area contributed by atoms with E-state index in [1.807, 2.05) is 0 Å². The van der Waals surface area contributed by atoms with Crippen LogP contribution < -0.4 is 5.32 Å². The first-order valence-corrected chi connectivity index (χ1v) is 5.13. The van der Waals surface area contributed by atoms with Crippen LogP contribution in [0.2, 0.25) is 5.15 Å². The van der Waals surface area contributed by atoms with Gasteiger partial charge in [-0.1, -0.05) is 11.6 Å². The lowest BCUT2D eigenvalue weighted by molar-refractivity contribution is -0.137. The highest BCUT2D eigenvalue weighted by Gasteiger charge is 2.32. The number of amides is 1. The highest BCUT2D eigenvalue weighted by Crippen LogP contribution is 2.30. The number of pyridine rings is 1. The summed E-state index contributed by atoms with van der Waals surface area (Å²) in [5, 5.41) is 2.19. The lowest BCUT2D eigenvalue weighted by atomic mass is 10.2. The largest absolute Gasteiger partial charge is 0.417 e. The summed E-state index contributed by atoms with van der Waals surface area (Å²) < 4.78 is 37.2. The molecule has 0 aliphatic heterocycles. The number of carbonyl (C=O) groups is 1. The van der Waals surface area contributed by atoms with Gasteiger partial charge in [-0.2, -0.15) is 13.2 Å². The number of alkyl halides is 3. The Labute approximate surface area is 101 Å². The molecule has 0 spiro atoms. The number of hydrogen-bond acceptors (Lipinski definition) is 2. The second kappa shape index (κ2) is 4.91. The van der Waals surface area contributed by atoms with Gasteiger partial charge in [0.2, 0.25) is 0 Å². The molecule has 0 unspecified atom stereocenters. The molecule has 1 N–H and O–H groups in total. The third-order valence-electron chi connectivity index (χ3n) is 1.83. The van der Waals surface area contributed by atoms with Gasteiger partial charge in [-0.25, -0.2) is 4.98 Å². The fraction of sp³-hybridized carbons (Fsp3) is 0.400. The summed E-state index contributed by atoms with van der Waals surface area (Å²) in [6.07, 6.45) is -3.96. The zero-order valence-corrected chi connectivity index (χ0v) is 9.86. The van der Waals surface area contributed by atoms with Crippen molar-refractivity contribution in [3.8, 4) is 0 Å². The molecule has 0 aliphatic carbocycles. The minimum Gasteiger partial charge on any atom is -0.350 e. The highest BCUT2D eigenvalue weighted by molar-refractivity contribution is 6.32. The quantitative estimate of drug-likeness (QED) is 0.837. The zero-order chi connectivity index (χ0) is 13.2. The van der Waals surface area contributed by atoms with Gasteiger partial charge in [-0.3, -0.25) is 4.79 Å². The Kier molecular flexibility index (Phi) is 3.98. The predicted octanol–water partition coefficient (Wildman–Crippen LogP) is 2.89. The summed E-state index contributed by atoms with van der Waals surface area (Å²) in [6, 6.07) is 0.487. The van der Waals surface area contributed by atoms with Crippen LogP contribution in [0.5, 0.6) is 0 Å². The average Bonchev–Trinajstić information content (AvgIpc) is 2.15. The van der Waals surface area contributed by atoms with Crippen LogP contribution in [-0.4, -0.2) is 16.9 Å². The number of hydrogen-bond donors (Lipinski definition) is 1. The molecule has 0 fully saturated rings. The van der Waals surface area contributed by atoms with Gasteiger partial charge in [0.1, 0.15) is 5.15 Å². The zero-order valence-electron chi connectivity index (χ0n) is 9.10. The molecule has 0 bridgehead atoms. The van der Waals surface area contributed by atoms with Crippen molar-refractivity contribution in [1.29, 1.82) is 0 Å². The van der Waals surface area contributed by atoms with Crippen LogP contribution in [0.4, 0.5) is 13.2 Å². The van der Waals surface area contributed by atoms with Crippen LogP contribution in [-0.2, 0) is 6.18 Å². The summed E-state index contributed by atoms with van der Waals surface area (Å²) in [7, 11) is 0. The van der Waals surface area contributed by atoms with E-state index < -0.39 is 17.6 Å². The number of nitrogens with zero attached hydrogens (tertiary/aromatic N) is 1. The second-order valence-electron chi connectivity index (χ2n) is 3.69. The maximum Gasteiger partial charge on any atom is 0.417 e. The fourth-order valence-electron chi connectivity index (χ4n) is 1.10. The molecule has 3 nitrogen and oxygen atoms in total. The van der Waals surface area contributed by atoms with E-state index in [1.54, 1.807) is 13.8 Å². The standard InChI is InChI=1S/C10H10ClF3N2O/c1-5(2)16-9(17)7-3-6(10(12,13)14)4-15-8(7)11/h3-5H,1-2H3,(H,16,17). The third kappa shape index (κ3) is 3.59. The molecule has 0 radical (unpaired) electrons. The molecule has 1 rings (SSSR count). The molecular weight excluding hydrogens is 257 g/mol. The van der Waals surface area contributed by atoms with Crippen LogP contribution in [0.1, 0.15) is 29.8 Å². The van der Waals surface area contributed by atoms with Gasteiger partial charge in [0, 0.05) is 12.2 Å². The molecule has 1 amide bonds. The van der Waals surface area contributed by atoms with Gasteiger partial charge in [0.15, 0.2) is 0 Å². The van der Waals surface area contributed by atoms with Gasteiger partial charge in [-0.15, -0.1) is 0 Å². The van der Waals surface area contributed by atoms with Crippen molar-refractivity contribution in [3.63, 3.8) is 0 Å². The summed E-state index contributed by atoms with van der Waals surface area (Å²) in [4.78, 5) is 14.9. The average molecular weight is 267 g/mol. The minimum atomic E-state index is -4.55. The molecule has 0 atom stereocenters. The Morgan fingerprint density at radius 1 is 1.47 bits per heavy atom. The SMILES string of the molecule is CC(C)NC(=O)c1cc(C(F)(F)F)cnc1Cl. The predicted molar refractivity (Wildman–Crippen MR) is 56.9 cm³/mol. The molecule has 17 heavy (non-hydrogen) atoms. The number of aromatic nitrogens is 1. The topological polar surface area (TPSA) is 42.0 Å². The van der Waals surface area contributed by atoms with E-state index in [0.29, 0.717) is 12.3 Å². The molecule has 1 aromatic rings. The minimum absolute atomic E-state index is 0.201. The molecule has 0 aliphatic rings. The molecule has 1 heterocycles. The molecule has 0 aromatic carbocycles. The van der Waals surface area contributed by atoms with Crippen molar-refractivity contribution in [2.24, 2.45) is 0 Å². The van der Waals surface area contributed by atoms with Crippen LogP contribution in [0.15, 0.2) is 12.3 Å². The van der Waals surface area contributed by atoms with E-state index in [-0.39, 0.29) is 16.8 Å². The van der Waals surface area contributed by atoms with Crippen molar-refractivity contribution in [2.45, 2.75) is 26.1 Å². The Bertz CT molecular complexity index is 432. The third-order valence-corrected chi connectivity index (χ3v) is 2.13. The summed E-state index contributed by atoms with van der Waals surface area (Å²) in [5.74, 6) is -0.677. The van der Waals surface area contributed by atoms with E-state index in [1.165, 1.54) is 0 Å². The monoisotopic (exact) mass is 266 g/mol. The summed E-state index contributed by atoms with van der Waals surface area (Å²) >= 11 is 5.59. The van der Waals surface area contributed by atoms with Gasteiger partial charge in [-0.05, 0) is 19.9 Å². The van der Waals surface area contributed by atoms with E-state index >= 15 is 0 Å². The normalized spacial score (nSPS) is 11.7. The van der Waals surface area contributed by atoms with Crippen LogP contribution in [0.3, 0.4) is 0 Å². The van der Waals surface area contributed by atoms with E-state index in [4.69, 9.17) is 11.6 Å².